The number of furan rings is 1. The lowest BCUT2D eigenvalue weighted by Gasteiger charge is -2.48. The molecule has 2 rings (SSSR count). The number of aryl methyl sites for hydroxylation is 1. The third-order valence-electron chi connectivity index (χ3n) is 3.53. The number of aliphatic hydroxyl groups excluding tert-OH is 1. The van der Waals surface area contributed by atoms with Gasteiger partial charge in [0.25, 0.3) is 0 Å². The fourth-order valence-corrected chi connectivity index (χ4v) is 2.73. The third kappa shape index (κ3) is 1.70. The molecule has 1 aromatic rings. The van der Waals surface area contributed by atoms with E-state index in [-0.39, 0.29) is 5.41 Å². The summed E-state index contributed by atoms with van der Waals surface area (Å²) in [6.45, 7) is 4.60. The highest BCUT2D eigenvalue weighted by molar-refractivity contribution is 5.13. The molecule has 0 aromatic carbocycles. The minimum absolute atomic E-state index is 0.149. The van der Waals surface area contributed by atoms with E-state index in [0.717, 1.165) is 18.6 Å². The Hall–Kier alpha value is -0.800. The van der Waals surface area contributed by atoms with Crippen LogP contribution >= 0.6 is 0 Å². The molecule has 84 valence electrons. The molecule has 1 saturated carbocycles. The molecule has 3 nitrogen and oxygen atoms in total. The average Bonchev–Trinajstić information content (AvgIpc) is 2.58. The lowest BCUT2D eigenvalue weighted by molar-refractivity contribution is -0.0703. The molecule has 0 aliphatic heterocycles. The Balaban J connectivity index is 2.16. The molecule has 1 aromatic heterocycles. The summed E-state index contributed by atoms with van der Waals surface area (Å²) in [5, 5.41) is 10.2. The van der Waals surface area contributed by atoms with Crippen molar-refractivity contribution in [3.05, 3.63) is 23.7 Å². The first kappa shape index (κ1) is 10.7. The van der Waals surface area contributed by atoms with Crippen molar-refractivity contribution in [2.24, 2.45) is 17.1 Å². The number of hydrogen-bond donors (Lipinski definition) is 2. The maximum Gasteiger partial charge on any atom is 0.133 e. The molecule has 0 bridgehead atoms. The molecule has 1 aliphatic rings. The molecule has 3 N–H and O–H groups in total. The monoisotopic (exact) mass is 209 g/mol. The lowest BCUT2D eigenvalue weighted by atomic mass is 9.59. The summed E-state index contributed by atoms with van der Waals surface area (Å²) in [6, 6.07) is 3.73. The Kier molecular flexibility index (Phi) is 2.61. The summed E-state index contributed by atoms with van der Waals surface area (Å²) in [7, 11) is 0. The summed E-state index contributed by atoms with van der Waals surface area (Å²) >= 11 is 0. The van der Waals surface area contributed by atoms with Gasteiger partial charge in [0, 0.05) is 12.0 Å². The standard InChI is InChI=1S/C12H19NO2/c1-8-5-12(6-8,7-13)11(14)10-4-3-9(2)15-10/h3-4,8,11,14H,5-7,13H2,1-2H3/t8?,11-,12?/m0/s1. The SMILES string of the molecule is Cc1ccc([C@H](O)C2(CN)CC(C)C2)o1. The van der Waals surface area contributed by atoms with Crippen molar-refractivity contribution in [2.75, 3.05) is 6.54 Å². The van der Waals surface area contributed by atoms with Crippen molar-refractivity contribution in [1.82, 2.24) is 0 Å². The second-order valence-corrected chi connectivity index (χ2v) is 4.93. The second kappa shape index (κ2) is 3.65. The van der Waals surface area contributed by atoms with E-state index in [4.69, 9.17) is 10.2 Å². The van der Waals surface area contributed by atoms with E-state index in [1.54, 1.807) is 0 Å². The van der Waals surface area contributed by atoms with Gasteiger partial charge in [0.05, 0.1) is 0 Å². The first-order chi connectivity index (χ1) is 7.07. The normalized spacial score (nSPS) is 32.4. The predicted molar refractivity (Wildman–Crippen MR) is 58.3 cm³/mol. The van der Waals surface area contributed by atoms with Gasteiger partial charge < -0.3 is 15.3 Å². The van der Waals surface area contributed by atoms with E-state index < -0.39 is 6.10 Å². The topological polar surface area (TPSA) is 59.4 Å². The number of aliphatic hydroxyl groups is 1. The summed E-state index contributed by atoms with van der Waals surface area (Å²) in [6.07, 6.45) is 1.43. The minimum atomic E-state index is -0.549. The molecule has 0 radical (unpaired) electrons. The van der Waals surface area contributed by atoms with Gasteiger partial charge in [-0.2, -0.15) is 0 Å². The highest BCUT2D eigenvalue weighted by atomic mass is 16.4. The molecule has 1 fully saturated rings. The average molecular weight is 209 g/mol. The summed E-state index contributed by atoms with van der Waals surface area (Å²) in [5.74, 6) is 2.16. The zero-order valence-electron chi connectivity index (χ0n) is 9.36. The summed E-state index contributed by atoms with van der Waals surface area (Å²) in [4.78, 5) is 0. The zero-order valence-corrected chi connectivity index (χ0v) is 9.36. The van der Waals surface area contributed by atoms with Crippen LogP contribution in [0.1, 0.15) is 37.4 Å². The Labute approximate surface area is 90.3 Å². The Morgan fingerprint density at radius 1 is 1.60 bits per heavy atom. The number of rotatable bonds is 3. The lowest BCUT2D eigenvalue weighted by Crippen LogP contribution is -2.46. The van der Waals surface area contributed by atoms with E-state index in [2.05, 4.69) is 6.92 Å². The van der Waals surface area contributed by atoms with Gasteiger partial charge in [0.15, 0.2) is 0 Å². The highest BCUT2D eigenvalue weighted by Crippen LogP contribution is 2.52. The zero-order chi connectivity index (χ0) is 11.1. The largest absolute Gasteiger partial charge is 0.464 e. The van der Waals surface area contributed by atoms with E-state index in [9.17, 15) is 5.11 Å². The van der Waals surface area contributed by atoms with Gasteiger partial charge in [-0.15, -0.1) is 0 Å². The van der Waals surface area contributed by atoms with Crippen molar-refractivity contribution < 1.29 is 9.52 Å². The first-order valence-electron chi connectivity index (χ1n) is 5.52. The Morgan fingerprint density at radius 3 is 2.67 bits per heavy atom. The maximum absolute atomic E-state index is 10.2. The van der Waals surface area contributed by atoms with Crippen LogP contribution in [0, 0.1) is 18.3 Å². The molecule has 0 amide bonds. The van der Waals surface area contributed by atoms with Gasteiger partial charge in [0.2, 0.25) is 0 Å². The number of hydrogen-bond acceptors (Lipinski definition) is 3. The molecule has 3 heteroatoms. The fourth-order valence-electron chi connectivity index (χ4n) is 2.73. The van der Waals surface area contributed by atoms with Gasteiger partial charge >= 0.3 is 0 Å². The second-order valence-electron chi connectivity index (χ2n) is 4.93. The fraction of sp³-hybridized carbons (Fsp3) is 0.667. The minimum Gasteiger partial charge on any atom is -0.464 e. The molecule has 1 aliphatic carbocycles. The van der Waals surface area contributed by atoms with Gasteiger partial charge in [0.1, 0.15) is 17.6 Å². The first-order valence-corrected chi connectivity index (χ1v) is 5.52. The highest BCUT2D eigenvalue weighted by Gasteiger charge is 2.48. The van der Waals surface area contributed by atoms with E-state index >= 15 is 0 Å². The summed E-state index contributed by atoms with van der Waals surface area (Å²) in [5.41, 5.74) is 5.63. The predicted octanol–water partition coefficient (Wildman–Crippen LogP) is 2.00. The maximum atomic E-state index is 10.2. The Morgan fingerprint density at radius 2 is 2.27 bits per heavy atom. The quantitative estimate of drug-likeness (QED) is 0.800. The van der Waals surface area contributed by atoms with Crippen molar-refractivity contribution in [3.63, 3.8) is 0 Å². The van der Waals surface area contributed by atoms with Crippen molar-refractivity contribution in [3.8, 4) is 0 Å². The van der Waals surface area contributed by atoms with Crippen LogP contribution in [0.15, 0.2) is 16.5 Å². The van der Waals surface area contributed by atoms with Crippen LogP contribution < -0.4 is 5.73 Å². The molecular formula is C12H19NO2. The van der Waals surface area contributed by atoms with E-state index in [1.165, 1.54) is 0 Å². The molecule has 0 unspecified atom stereocenters. The van der Waals surface area contributed by atoms with Crippen LogP contribution in [-0.4, -0.2) is 11.7 Å². The molecule has 1 atom stereocenters. The van der Waals surface area contributed by atoms with Crippen LogP contribution in [0.25, 0.3) is 0 Å². The molecule has 1 heterocycles. The van der Waals surface area contributed by atoms with Crippen LogP contribution in [0.5, 0.6) is 0 Å². The van der Waals surface area contributed by atoms with Gasteiger partial charge in [-0.1, -0.05) is 6.92 Å². The smallest absolute Gasteiger partial charge is 0.133 e. The van der Waals surface area contributed by atoms with Crippen LogP contribution in [0.3, 0.4) is 0 Å². The van der Waals surface area contributed by atoms with Crippen LogP contribution in [-0.2, 0) is 0 Å². The third-order valence-corrected chi connectivity index (χ3v) is 3.53. The molecule has 0 saturated heterocycles. The van der Waals surface area contributed by atoms with Gasteiger partial charge in [-0.3, -0.25) is 0 Å². The van der Waals surface area contributed by atoms with E-state index in [1.807, 2.05) is 19.1 Å². The molecule has 15 heavy (non-hydrogen) atoms. The number of nitrogens with two attached hydrogens (primary N) is 1. The van der Waals surface area contributed by atoms with Crippen molar-refractivity contribution in [1.29, 1.82) is 0 Å². The Bertz CT molecular complexity index is 339. The van der Waals surface area contributed by atoms with Crippen LogP contribution in [0.4, 0.5) is 0 Å². The van der Waals surface area contributed by atoms with Crippen molar-refractivity contribution >= 4 is 0 Å². The van der Waals surface area contributed by atoms with E-state index in [0.29, 0.717) is 18.2 Å². The van der Waals surface area contributed by atoms with Gasteiger partial charge in [-0.05, 0) is 37.8 Å². The van der Waals surface area contributed by atoms with Gasteiger partial charge in [-0.25, -0.2) is 0 Å². The molecular weight excluding hydrogens is 190 g/mol. The van der Waals surface area contributed by atoms with Crippen molar-refractivity contribution in [2.45, 2.75) is 32.8 Å². The molecule has 0 spiro atoms. The summed E-state index contributed by atoms with van der Waals surface area (Å²) < 4.78 is 5.46. The van der Waals surface area contributed by atoms with Crippen LogP contribution in [0.2, 0.25) is 0 Å².